The fourth-order valence-electron chi connectivity index (χ4n) is 2.83. The highest BCUT2D eigenvalue weighted by Crippen LogP contribution is 2.25. The molecule has 1 saturated heterocycles. The highest BCUT2D eigenvalue weighted by Gasteiger charge is 2.27. The lowest BCUT2D eigenvalue weighted by molar-refractivity contribution is -0.0864. The molecule has 0 radical (unpaired) electrons. The molecule has 1 fully saturated rings. The van der Waals surface area contributed by atoms with Crippen molar-refractivity contribution < 1.29 is 4.74 Å². The second kappa shape index (κ2) is 6.90. The summed E-state index contributed by atoms with van der Waals surface area (Å²) in [6, 6.07) is 8.38. The van der Waals surface area contributed by atoms with Gasteiger partial charge in [-0.1, -0.05) is 29.8 Å². The molecule has 1 unspecified atom stereocenters. The highest BCUT2D eigenvalue weighted by molar-refractivity contribution is 6.31. The average Bonchev–Trinajstić information content (AvgIpc) is 2.40. The van der Waals surface area contributed by atoms with E-state index in [1.54, 1.807) is 0 Å². The van der Waals surface area contributed by atoms with Gasteiger partial charge in [0.1, 0.15) is 0 Å². The molecule has 0 amide bonds. The lowest BCUT2D eigenvalue weighted by Crippen LogP contribution is -2.48. The summed E-state index contributed by atoms with van der Waals surface area (Å²) >= 11 is 6.29. The van der Waals surface area contributed by atoms with Crippen molar-refractivity contribution in [3.63, 3.8) is 0 Å². The molecule has 1 heterocycles. The van der Waals surface area contributed by atoms with Crippen LogP contribution in [0.5, 0.6) is 0 Å². The van der Waals surface area contributed by atoms with Crippen molar-refractivity contribution in [1.29, 1.82) is 0 Å². The molecule has 112 valence electrons. The number of hydrogen-bond acceptors (Lipinski definition) is 3. The summed E-state index contributed by atoms with van der Waals surface area (Å²) in [5.74, 6) is 0. The molecule has 1 N–H and O–H groups in total. The predicted molar refractivity (Wildman–Crippen MR) is 84.3 cm³/mol. The summed E-state index contributed by atoms with van der Waals surface area (Å²) in [5.41, 5.74) is 1.15. The van der Waals surface area contributed by atoms with E-state index in [2.05, 4.69) is 30.1 Å². The molecule has 1 aliphatic rings. The van der Waals surface area contributed by atoms with Crippen LogP contribution >= 0.6 is 11.6 Å². The Morgan fingerprint density at radius 1 is 1.40 bits per heavy atom. The number of benzene rings is 1. The first-order chi connectivity index (χ1) is 9.52. The van der Waals surface area contributed by atoms with Crippen molar-refractivity contribution >= 4 is 11.6 Å². The van der Waals surface area contributed by atoms with Crippen molar-refractivity contribution in [3.05, 3.63) is 34.9 Å². The first kappa shape index (κ1) is 15.8. The van der Waals surface area contributed by atoms with Gasteiger partial charge in [0.2, 0.25) is 0 Å². The van der Waals surface area contributed by atoms with E-state index in [0.29, 0.717) is 6.04 Å². The molecule has 0 bridgehead atoms. The maximum Gasteiger partial charge on any atom is 0.0753 e. The summed E-state index contributed by atoms with van der Waals surface area (Å²) in [6.07, 6.45) is 1.05. The Morgan fingerprint density at radius 3 is 2.80 bits per heavy atom. The van der Waals surface area contributed by atoms with Crippen LogP contribution in [-0.2, 0) is 4.74 Å². The van der Waals surface area contributed by atoms with Crippen LogP contribution in [0.25, 0.3) is 0 Å². The maximum atomic E-state index is 6.29. The van der Waals surface area contributed by atoms with E-state index in [-0.39, 0.29) is 5.60 Å². The normalized spacial score (nSPS) is 20.8. The molecular weight excluding hydrogens is 272 g/mol. The van der Waals surface area contributed by atoms with Gasteiger partial charge in [0.25, 0.3) is 0 Å². The van der Waals surface area contributed by atoms with Crippen molar-refractivity contribution in [2.45, 2.75) is 31.9 Å². The monoisotopic (exact) mass is 296 g/mol. The predicted octanol–water partition coefficient (Wildman–Crippen LogP) is 3.10. The molecular formula is C16H25ClN2O. The fraction of sp³-hybridized carbons (Fsp3) is 0.625. The Labute approximate surface area is 127 Å². The van der Waals surface area contributed by atoms with Gasteiger partial charge in [-0.05, 0) is 38.9 Å². The van der Waals surface area contributed by atoms with Gasteiger partial charge in [-0.2, -0.15) is 0 Å². The Hall–Kier alpha value is -0.610. The second-order valence-electron chi connectivity index (χ2n) is 6.04. The third kappa shape index (κ3) is 4.19. The SMILES string of the molecule is CNC(CCN1CCOC(C)(C)C1)c1ccccc1Cl. The van der Waals surface area contributed by atoms with E-state index in [1.165, 1.54) is 5.56 Å². The van der Waals surface area contributed by atoms with Gasteiger partial charge in [0.15, 0.2) is 0 Å². The molecule has 3 nitrogen and oxygen atoms in total. The van der Waals surface area contributed by atoms with E-state index in [1.807, 2.05) is 25.2 Å². The maximum absolute atomic E-state index is 6.29. The largest absolute Gasteiger partial charge is 0.373 e. The minimum atomic E-state index is -0.0300. The summed E-state index contributed by atoms with van der Waals surface area (Å²) in [7, 11) is 2.00. The molecule has 1 atom stereocenters. The minimum absolute atomic E-state index is 0.0300. The molecule has 0 aromatic heterocycles. The third-order valence-corrected chi connectivity index (χ3v) is 4.21. The van der Waals surface area contributed by atoms with Crippen LogP contribution in [0.4, 0.5) is 0 Å². The van der Waals surface area contributed by atoms with Gasteiger partial charge in [-0.15, -0.1) is 0 Å². The zero-order chi connectivity index (χ0) is 14.6. The smallest absolute Gasteiger partial charge is 0.0753 e. The number of halogens is 1. The van der Waals surface area contributed by atoms with Gasteiger partial charge in [-0.3, -0.25) is 4.90 Å². The average molecular weight is 297 g/mol. The Morgan fingerprint density at radius 2 is 2.15 bits per heavy atom. The standard InChI is InChI=1S/C16H25ClN2O/c1-16(2)12-19(10-11-20-16)9-8-15(18-3)13-6-4-5-7-14(13)17/h4-7,15,18H,8-12H2,1-3H3. The zero-order valence-electron chi connectivity index (χ0n) is 12.7. The van der Waals surface area contributed by atoms with Gasteiger partial charge in [0, 0.05) is 30.7 Å². The highest BCUT2D eigenvalue weighted by atomic mass is 35.5. The van der Waals surface area contributed by atoms with Crippen LogP contribution in [-0.4, -0.2) is 43.8 Å². The van der Waals surface area contributed by atoms with Crippen LogP contribution in [0, 0.1) is 0 Å². The van der Waals surface area contributed by atoms with E-state index < -0.39 is 0 Å². The van der Waals surface area contributed by atoms with Crippen molar-refractivity contribution in [2.75, 3.05) is 33.3 Å². The van der Waals surface area contributed by atoms with Crippen molar-refractivity contribution in [1.82, 2.24) is 10.2 Å². The van der Waals surface area contributed by atoms with E-state index in [0.717, 1.165) is 37.7 Å². The summed E-state index contributed by atoms with van der Waals surface area (Å²) in [5, 5.41) is 4.22. The summed E-state index contributed by atoms with van der Waals surface area (Å²) in [4.78, 5) is 2.48. The van der Waals surface area contributed by atoms with Crippen LogP contribution < -0.4 is 5.32 Å². The Balaban J connectivity index is 1.93. The third-order valence-electron chi connectivity index (χ3n) is 3.87. The van der Waals surface area contributed by atoms with Crippen LogP contribution in [0.3, 0.4) is 0 Å². The van der Waals surface area contributed by atoms with Crippen LogP contribution in [0.1, 0.15) is 31.9 Å². The van der Waals surface area contributed by atoms with E-state index >= 15 is 0 Å². The van der Waals surface area contributed by atoms with E-state index in [9.17, 15) is 0 Å². The molecule has 0 aliphatic carbocycles. The lowest BCUT2D eigenvalue weighted by atomic mass is 10.0. The topological polar surface area (TPSA) is 24.5 Å². The number of nitrogens with zero attached hydrogens (tertiary/aromatic N) is 1. The van der Waals surface area contributed by atoms with Gasteiger partial charge < -0.3 is 10.1 Å². The number of ether oxygens (including phenoxy) is 1. The first-order valence-corrected chi connectivity index (χ1v) is 7.67. The number of nitrogens with one attached hydrogen (secondary N) is 1. The molecule has 2 rings (SSSR count). The van der Waals surface area contributed by atoms with Crippen LogP contribution in [0.15, 0.2) is 24.3 Å². The molecule has 1 aromatic carbocycles. The molecule has 20 heavy (non-hydrogen) atoms. The molecule has 0 spiro atoms. The molecule has 1 aromatic rings. The summed E-state index contributed by atoms with van der Waals surface area (Å²) < 4.78 is 5.75. The van der Waals surface area contributed by atoms with Crippen molar-refractivity contribution in [2.24, 2.45) is 0 Å². The number of hydrogen-bond donors (Lipinski definition) is 1. The Kier molecular flexibility index (Phi) is 5.44. The Bertz CT molecular complexity index is 436. The second-order valence-corrected chi connectivity index (χ2v) is 6.44. The van der Waals surface area contributed by atoms with Gasteiger partial charge >= 0.3 is 0 Å². The number of rotatable bonds is 5. The minimum Gasteiger partial charge on any atom is -0.373 e. The fourth-order valence-corrected chi connectivity index (χ4v) is 3.10. The van der Waals surface area contributed by atoms with Gasteiger partial charge in [-0.25, -0.2) is 0 Å². The van der Waals surface area contributed by atoms with E-state index in [4.69, 9.17) is 16.3 Å². The van der Waals surface area contributed by atoms with Gasteiger partial charge in [0.05, 0.1) is 12.2 Å². The number of morpholine rings is 1. The zero-order valence-corrected chi connectivity index (χ0v) is 13.4. The molecule has 4 heteroatoms. The molecule has 1 aliphatic heterocycles. The van der Waals surface area contributed by atoms with Crippen molar-refractivity contribution in [3.8, 4) is 0 Å². The molecule has 0 saturated carbocycles. The summed E-state index contributed by atoms with van der Waals surface area (Å²) in [6.45, 7) is 8.20. The first-order valence-electron chi connectivity index (χ1n) is 7.30. The van der Waals surface area contributed by atoms with Crippen LogP contribution in [0.2, 0.25) is 5.02 Å². The lowest BCUT2D eigenvalue weighted by Gasteiger charge is -2.38. The quantitative estimate of drug-likeness (QED) is 0.903.